The summed E-state index contributed by atoms with van der Waals surface area (Å²) in [6.07, 6.45) is -4.49. The smallest absolute Gasteiger partial charge is 0.398 e. The highest BCUT2D eigenvalue weighted by Crippen LogP contribution is 2.32. The average Bonchev–Trinajstić information content (AvgIpc) is 2.40. The van der Waals surface area contributed by atoms with Gasteiger partial charge in [0.2, 0.25) is 0 Å². The predicted molar refractivity (Wildman–Crippen MR) is 78.3 cm³/mol. The molecule has 2 N–H and O–H groups in total. The maximum Gasteiger partial charge on any atom is 0.416 e. The summed E-state index contributed by atoms with van der Waals surface area (Å²) in [6, 6.07) is 2.84. The Morgan fingerprint density at radius 2 is 2.05 bits per heavy atom. The van der Waals surface area contributed by atoms with Crippen LogP contribution in [0, 0.1) is 0 Å². The normalized spacial score (nSPS) is 23.2. The zero-order valence-corrected chi connectivity index (χ0v) is 12.6. The molecule has 0 saturated carbocycles. The standard InChI is InChI=1S/C14H17F3N2OS/c1-8-9(2)21-6-5-19(8)13(20)11-7-10(14(15,16)17)3-4-12(11)18/h3-4,7-9H,5-6,18H2,1-2H3. The fourth-order valence-corrected chi connectivity index (χ4v) is 3.39. The van der Waals surface area contributed by atoms with Gasteiger partial charge < -0.3 is 10.6 Å². The molecule has 3 nitrogen and oxygen atoms in total. The number of carbonyl (C=O) groups is 1. The number of benzene rings is 1. The lowest BCUT2D eigenvalue weighted by atomic mass is 10.1. The van der Waals surface area contributed by atoms with Crippen LogP contribution in [0.5, 0.6) is 0 Å². The van der Waals surface area contributed by atoms with E-state index in [4.69, 9.17) is 5.73 Å². The number of hydrogen-bond acceptors (Lipinski definition) is 3. The van der Waals surface area contributed by atoms with Crippen LogP contribution in [0.15, 0.2) is 18.2 Å². The van der Waals surface area contributed by atoms with Crippen LogP contribution >= 0.6 is 11.8 Å². The molecule has 0 bridgehead atoms. The quantitative estimate of drug-likeness (QED) is 0.809. The van der Waals surface area contributed by atoms with Gasteiger partial charge in [0, 0.05) is 29.3 Å². The number of alkyl halides is 3. The van der Waals surface area contributed by atoms with Crippen molar-refractivity contribution >= 4 is 23.4 Å². The van der Waals surface area contributed by atoms with E-state index in [-0.39, 0.29) is 22.5 Å². The molecule has 1 heterocycles. The fraction of sp³-hybridized carbons (Fsp3) is 0.500. The minimum absolute atomic E-state index is 0.0369. The highest BCUT2D eigenvalue weighted by atomic mass is 32.2. The van der Waals surface area contributed by atoms with Crippen molar-refractivity contribution in [1.29, 1.82) is 0 Å². The molecular formula is C14H17F3N2OS. The van der Waals surface area contributed by atoms with E-state index in [1.54, 1.807) is 16.7 Å². The van der Waals surface area contributed by atoms with Crippen molar-refractivity contribution in [2.24, 2.45) is 0 Å². The number of anilines is 1. The number of nitrogens with zero attached hydrogens (tertiary/aromatic N) is 1. The lowest BCUT2D eigenvalue weighted by Gasteiger charge is -2.37. The Kier molecular flexibility index (Phi) is 4.41. The summed E-state index contributed by atoms with van der Waals surface area (Å²) < 4.78 is 38.3. The molecule has 2 atom stereocenters. The van der Waals surface area contributed by atoms with Crippen molar-refractivity contribution in [2.45, 2.75) is 31.3 Å². The fourth-order valence-electron chi connectivity index (χ4n) is 2.29. The molecule has 7 heteroatoms. The molecule has 2 rings (SSSR count). The van der Waals surface area contributed by atoms with Crippen LogP contribution in [-0.2, 0) is 6.18 Å². The zero-order chi connectivity index (χ0) is 15.8. The van der Waals surface area contributed by atoms with Gasteiger partial charge in [-0.1, -0.05) is 6.92 Å². The summed E-state index contributed by atoms with van der Waals surface area (Å²) >= 11 is 1.75. The summed E-state index contributed by atoms with van der Waals surface area (Å²) in [4.78, 5) is 14.1. The van der Waals surface area contributed by atoms with Crippen LogP contribution in [0.1, 0.15) is 29.8 Å². The maximum absolute atomic E-state index is 12.8. The Balaban J connectivity index is 2.34. The number of amides is 1. The average molecular weight is 318 g/mol. The van der Waals surface area contributed by atoms with Crippen LogP contribution in [-0.4, -0.2) is 34.4 Å². The number of nitrogen functional groups attached to an aromatic ring is 1. The maximum atomic E-state index is 12.8. The van der Waals surface area contributed by atoms with Gasteiger partial charge in [-0.3, -0.25) is 4.79 Å². The van der Waals surface area contributed by atoms with Gasteiger partial charge in [-0.05, 0) is 25.1 Å². The van der Waals surface area contributed by atoms with Gasteiger partial charge >= 0.3 is 6.18 Å². The molecule has 1 aliphatic rings. The Hall–Kier alpha value is -1.37. The van der Waals surface area contributed by atoms with Crippen molar-refractivity contribution in [3.63, 3.8) is 0 Å². The number of hydrogen-bond donors (Lipinski definition) is 1. The first-order chi connectivity index (χ1) is 9.71. The van der Waals surface area contributed by atoms with Crippen molar-refractivity contribution in [3.05, 3.63) is 29.3 Å². The number of halogens is 3. The molecule has 0 radical (unpaired) electrons. The first-order valence-corrected chi connectivity index (χ1v) is 7.66. The molecule has 0 aliphatic carbocycles. The summed E-state index contributed by atoms with van der Waals surface area (Å²) in [5.41, 5.74) is 4.85. The molecule has 1 fully saturated rings. The minimum atomic E-state index is -4.49. The van der Waals surface area contributed by atoms with Crippen molar-refractivity contribution in [3.8, 4) is 0 Å². The second-order valence-electron chi connectivity index (χ2n) is 5.11. The molecule has 1 aromatic carbocycles. The van der Waals surface area contributed by atoms with Crippen LogP contribution in [0.3, 0.4) is 0 Å². The number of carbonyl (C=O) groups excluding carboxylic acids is 1. The lowest BCUT2D eigenvalue weighted by Crippen LogP contribution is -2.48. The minimum Gasteiger partial charge on any atom is -0.398 e. The van der Waals surface area contributed by atoms with E-state index in [1.165, 1.54) is 0 Å². The van der Waals surface area contributed by atoms with Crippen LogP contribution in [0.4, 0.5) is 18.9 Å². The van der Waals surface area contributed by atoms with E-state index < -0.39 is 17.6 Å². The second-order valence-corrected chi connectivity index (χ2v) is 6.60. The van der Waals surface area contributed by atoms with Gasteiger partial charge in [0.05, 0.1) is 11.1 Å². The monoisotopic (exact) mass is 318 g/mol. The topological polar surface area (TPSA) is 46.3 Å². The van der Waals surface area contributed by atoms with Gasteiger partial charge in [0.1, 0.15) is 0 Å². The first kappa shape index (κ1) is 16.0. The Labute approximate surface area is 125 Å². The summed E-state index contributed by atoms with van der Waals surface area (Å²) in [5.74, 6) is 0.342. The third-order valence-electron chi connectivity index (χ3n) is 3.76. The molecule has 2 unspecified atom stereocenters. The third-order valence-corrected chi connectivity index (χ3v) is 5.09. The summed E-state index contributed by atoms with van der Waals surface area (Å²) in [5, 5.41) is 0.245. The third kappa shape index (κ3) is 3.28. The van der Waals surface area contributed by atoms with Crippen molar-refractivity contribution in [1.82, 2.24) is 4.90 Å². The SMILES string of the molecule is CC1SCCN(C(=O)c2cc(C(F)(F)F)ccc2N)C1C. The van der Waals surface area contributed by atoms with Crippen LogP contribution < -0.4 is 5.73 Å². The molecule has 0 aromatic heterocycles. The Morgan fingerprint density at radius 1 is 1.38 bits per heavy atom. The van der Waals surface area contributed by atoms with Gasteiger partial charge in [-0.25, -0.2) is 0 Å². The van der Waals surface area contributed by atoms with Gasteiger partial charge in [0.25, 0.3) is 5.91 Å². The Bertz CT molecular complexity index is 548. The van der Waals surface area contributed by atoms with Gasteiger partial charge in [0.15, 0.2) is 0 Å². The molecule has 1 aromatic rings. The highest BCUT2D eigenvalue weighted by Gasteiger charge is 2.34. The lowest BCUT2D eigenvalue weighted by molar-refractivity contribution is -0.137. The van der Waals surface area contributed by atoms with Gasteiger partial charge in [-0.2, -0.15) is 24.9 Å². The first-order valence-electron chi connectivity index (χ1n) is 6.61. The predicted octanol–water partition coefficient (Wildman–Crippen LogP) is 3.25. The number of rotatable bonds is 1. The number of nitrogens with two attached hydrogens (primary N) is 1. The van der Waals surface area contributed by atoms with E-state index in [1.807, 2.05) is 13.8 Å². The van der Waals surface area contributed by atoms with Crippen LogP contribution in [0.25, 0.3) is 0 Å². The molecular weight excluding hydrogens is 301 g/mol. The summed E-state index contributed by atoms with van der Waals surface area (Å²) in [6.45, 7) is 4.42. The molecule has 1 saturated heterocycles. The van der Waals surface area contributed by atoms with E-state index in [2.05, 4.69) is 0 Å². The molecule has 116 valence electrons. The van der Waals surface area contributed by atoms with Crippen molar-refractivity contribution < 1.29 is 18.0 Å². The van der Waals surface area contributed by atoms with Crippen LogP contribution in [0.2, 0.25) is 0 Å². The largest absolute Gasteiger partial charge is 0.416 e. The van der Waals surface area contributed by atoms with Crippen molar-refractivity contribution in [2.75, 3.05) is 18.0 Å². The van der Waals surface area contributed by atoms with Gasteiger partial charge in [-0.15, -0.1) is 0 Å². The highest BCUT2D eigenvalue weighted by molar-refractivity contribution is 8.00. The van der Waals surface area contributed by atoms with E-state index in [0.717, 1.165) is 24.0 Å². The van der Waals surface area contributed by atoms with E-state index in [9.17, 15) is 18.0 Å². The molecule has 1 amide bonds. The number of thioether (sulfide) groups is 1. The molecule has 1 aliphatic heterocycles. The summed E-state index contributed by atoms with van der Waals surface area (Å²) in [7, 11) is 0. The zero-order valence-electron chi connectivity index (χ0n) is 11.8. The second kappa shape index (κ2) is 5.79. The molecule has 21 heavy (non-hydrogen) atoms. The van der Waals surface area contributed by atoms with E-state index in [0.29, 0.717) is 6.54 Å². The van der Waals surface area contributed by atoms with E-state index >= 15 is 0 Å². The molecule has 0 spiro atoms. The Morgan fingerprint density at radius 3 is 2.67 bits per heavy atom.